The second kappa shape index (κ2) is 5.84. The molecular weight excluding hydrogens is 262 g/mol. The van der Waals surface area contributed by atoms with Gasteiger partial charge < -0.3 is 9.47 Å². The summed E-state index contributed by atoms with van der Waals surface area (Å²) in [7, 11) is 0. The maximum atomic E-state index is 12.6. The molecule has 3 rings (SSSR count). The summed E-state index contributed by atoms with van der Waals surface area (Å²) in [5.74, 6) is 0.153. The van der Waals surface area contributed by atoms with Crippen molar-refractivity contribution in [2.24, 2.45) is 5.92 Å². The molecule has 1 saturated heterocycles. The lowest BCUT2D eigenvalue weighted by molar-refractivity contribution is 0.0707. The molecule has 1 amide bonds. The molecule has 1 aromatic heterocycles. The van der Waals surface area contributed by atoms with Gasteiger partial charge in [-0.15, -0.1) is 0 Å². The normalized spacial score (nSPS) is 15.7. The van der Waals surface area contributed by atoms with Crippen LogP contribution in [0.4, 0.5) is 0 Å². The number of carbonyl (C=O) groups excluding carboxylic acids is 1. The number of benzene rings is 1. The molecule has 2 heterocycles. The van der Waals surface area contributed by atoms with Crippen molar-refractivity contribution in [3.8, 4) is 11.8 Å². The number of carbonyl (C=O) groups is 1. The molecule has 4 nitrogen and oxygen atoms in total. The maximum absolute atomic E-state index is 12.6. The Morgan fingerprint density at radius 2 is 1.86 bits per heavy atom. The number of hydrogen-bond donors (Lipinski definition) is 0. The highest BCUT2D eigenvalue weighted by atomic mass is 16.2. The van der Waals surface area contributed by atoms with Crippen LogP contribution in [0.2, 0.25) is 0 Å². The molecular formula is C17H17N3O. The molecule has 0 unspecified atom stereocenters. The van der Waals surface area contributed by atoms with Gasteiger partial charge in [-0.1, -0.05) is 6.07 Å². The van der Waals surface area contributed by atoms with Crippen LogP contribution >= 0.6 is 0 Å². The Morgan fingerprint density at radius 1 is 1.14 bits per heavy atom. The lowest BCUT2D eigenvalue weighted by Gasteiger charge is -2.29. The van der Waals surface area contributed by atoms with Crippen LogP contribution in [0.25, 0.3) is 5.69 Å². The van der Waals surface area contributed by atoms with Crippen LogP contribution in [-0.2, 0) is 0 Å². The van der Waals surface area contributed by atoms with Gasteiger partial charge in [-0.05, 0) is 43.2 Å². The lowest BCUT2D eigenvalue weighted by Crippen LogP contribution is -2.38. The van der Waals surface area contributed by atoms with Gasteiger partial charge in [-0.25, -0.2) is 0 Å². The van der Waals surface area contributed by atoms with Crippen LogP contribution in [0.3, 0.4) is 0 Å². The van der Waals surface area contributed by atoms with E-state index in [1.165, 1.54) is 0 Å². The molecule has 0 atom stereocenters. The van der Waals surface area contributed by atoms with Gasteiger partial charge in [0.15, 0.2) is 0 Å². The van der Waals surface area contributed by atoms with E-state index in [-0.39, 0.29) is 11.8 Å². The van der Waals surface area contributed by atoms with Crippen molar-refractivity contribution in [1.29, 1.82) is 5.26 Å². The first-order chi connectivity index (χ1) is 10.3. The average molecular weight is 279 g/mol. The van der Waals surface area contributed by atoms with Crippen molar-refractivity contribution >= 4 is 5.91 Å². The second-order valence-corrected chi connectivity index (χ2v) is 5.34. The Hall–Kier alpha value is -2.54. The minimum Gasteiger partial charge on any atom is -0.339 e. The molecule has 1 aromatic carbocycles. The summed E-state index contributed by atoms with van der Waals surface area (Å²) in [6, 6.07) is 13.9. The summed E-state index contributed by atoms with van der Waals surface area (Å²) < 4.78 is 1.98. The Labute approximate surface area is 124 Å². The van der Waals surface area contributed by atoms with E-state index in [1.54, 1.807) is 0 Å². The number of amides is 1. The summed E-state index contributed by atoms with van der Waals surface area (Å²) >= 11 is 0. The van der Waals surface area contributed by atoms with Gasteiger partial charge in [-0.2, -0.15) is 5.26 Å². The molecule has 0 N–H and O–H groups in total. The van der Waals surface area contributed by atoms with E-state index in [4.69, 9.17) is 5.26 Å². The average Bonchev–Trinajstić information content (AvgIpc) is 3.09. The number of aromatic nitrogens is 1. The molecule has 1 aliphatic heterocycles. The SMILES string of the molecule is N#CC1CCN(C(=O)c2cccc(-n3cccc3)c2)CC1. The summed E-state index contributed by atoms with van der Waals surface area (Å²) in [4.78, 5) is 14.4. The van der Waals surface area contributed by atoms with E-state index in [9.17, 15) is 4.79 Å². The number of likely N-dealkylation sites (tertiary alicyclic amines) is 1. The van der Waals surface area contributed by atoms with Crippen molar-refractivity contribution < 1.29 is 4.79 Å². The van der Waals surface area contributed by atoms with Crippen molar-refractivity contribution in [1.82, 2.24) is 9.47 Å². The van der Waals surface area contributed by atoms with Crippen molar-refractivity contribution in [3.05, 3.63) is 54.4 Å². The van der Waals surface area contributed by atoms with Crippen molar-refractivity contribution in [2.45, 2.75) is 12.8 Å². The second-order valence-electron chi connectivity index (χ2n) is 5.34. The van der Waals surface area contributed by atoms with Crippen molar-refractivity contribution in [2.75, 3.05) is 13.1 Å². The van der Waals surface area contributed by atoms with Crippen LogP contribution in [0, 0.1) is 17.2 Å². The van der Waals surface area contributed by atoms with Crippen LogP contribution in [0.1, 0.15) is 23.2 Å². The third-order valence-electron chi connectivity index (χ3n) is 3.96. The van der Waals surface area contributed by atoms with Gasteiger partial charge in [-0.3, -0.25) is 4.79 Å². The summed E-state index contributed by atoms with van der Waals surface area (Å²) in [6.07, 6.45) is 5.48. The molecule has 4 heteroatoms. The van der Waals surface area contributed by atoms with E-state index in [2.05, 4.69) is 6.07 Å². The summed E-state index contributed by atoms with van der Waals surface area (Å²) in [5, 5.41) is 8.92. The third kappa shape index (κ3) is 2.82. The standard InChI is InChI=1S/C17H17N3O/c18-13-14-6-10-20(11-7-14)17(21)15-4-3-5-16(12-15)19-8-1-2-9-19/h1-5,8-9,12,14H,6-7,10-11H2. The maximum Gasteiger partial charge on any atom is 0.253 e. The molecule has 21 heavy (non-hydrogen) atoms. The number of piperidine rings is 1. The highest BCUT2D eigenvalue weighted by molar-refractivity contribution is 5.94. The highest BCUT2D eigenvalue weighted by Crippen LogP contribution is 2.19. The molecule has 106 valence electrons. The van der Waals surface area contributed by atoms with Gasteiger partial charge >= 0.3 is 0 Å². The topological polar surface area (TPSA) is 49.0 Å². The Bertz CT molecular complexity index is 662. The monoisotopic (exact) mass is 279 g/mol. The molecule has 0 spiro atoms. The third-order valence-corrected chi connectivity index (χ3v) is 3.96. The molecule has 1 fully saturated rings. The van der Waals surface area contributed by atoms with E-state index >= 15 is 0 Å². The minimum absolute atomic E-state index is 0.0559. The first-order valence-corrected chi connectivity index (χ1v) is 7.20. The zero-order chi connectivity index (χ0) is 14.7. The summed E-state index contributed by atoms with van der Waals surface area (Å²) in [6.45, 7) is 1.34. The minimum atomic E-state index is 0.0559. The van der Waals surface area contributed by atoms with Gasteiger partial charge in [0.1, 0.15) is 0 Å². The zero-order valence-corrected chi connectivity index (χ0v) is 11.8. The van der Waals surface area contributed by atoms with E-state index in [0.29, 0.717) is 18.7 Å². The van der Waals surface area contributed by atoms with Crippen LogP contribution in [-0.4, -0.2) is 28.5 Å². The smallest absolute Gasteiger partial charge is 0.253 e. The molecule has 0 aliphatic carbocycles. The van der Waals surface area contributed by atoms with E-state index in [1.807, 2.05) is 58.3 Å². The number of hydrogen-bond acceptors (Lipinski definition) is 2. The number of nitrogens with zero attached hydrogens (tertiary/aromatic N) is 3. The predicted octanol–water partition coefficient (Wildman–Crippen LogP) is 2.85. The predicted molar refractivity (Wildman–Crippen MR) is 80.0 cm³/mol. The van der Waals surface area contributed by atoms with Gasteiger partial charge in [0.2, 0.25) is 0 Å². The molecule has 2 aromatic rings. The Morgan fingerprint density at radius 3 is 2.52 bits per heavy atom. The number of rotatable bonds is 2. The van der Waals surface area contributed by atoms with Crippen molar-refractivity contribution in [3.63, 3.8) is 0 Å². The van der Waals surface area contributed by atoms with Gasteiger partial charge in [0.25, 0.3) is 5.91 Å². The Balaban J connectivity index is 1.77. The summed E-state index contributed by atoms with van der Waals surface area (Å²) in [5.41, 5.74) is 1.69. The van der Waals surface area contributed by atoms with Gasteiger partial charge in [0.05, 0.1) is 6.07 Å². The highest BCUT2D eigenvalue weighted by Gasteiger charge is 2.23. The first-order valence-electron chi connectivity index (χ1n) is 7.20. The molecule has 0 radical (unpaired) electrons. The number of nitriles is 1. The quantitative estimate of drug-likeness (QED) is 0.848. The van der Waals surface area contributed by atoms with Gasteiger partial charge in [0, 0.05) is 42.7 Å². The van der Waals surface area contributed by atoms with Crippen LogP contribution < -0.4 is 0 Å². The molecule has 0 bridgehead atoms. The first kappa shape index (κ1) is 13.4. The largest absolute Gasteiger partial charge is 0.339 e. The molecule has 1 aliphatic rings. The van der Waals surface area contributed by atoms with Crippen LogP contribution in [0.5, 0.6) is 0 Å². The fraction of sp³-hybridized carbons (Fsp3) is 0.294. The Kier molecular flexibility index (Phi) is 3.74. The molecule has 0 saturated carbocycles. The fourth-order valence-electron chi connectivity index (χ4n) is 2.70. The van der Waals surface area contributed by atoms with E-state index < -0.39 is 0 Å². The van der Waals surface area contributed by atoms with E-state index in [0.717, 1.165) is 18.5 Å². The lowest BCUT2D eigenvalue weighted by atomic mass is 9.98. The zero-order valence-electron chi connectivity index (χ0n) is 11.8. The fourth-order valence-corrected chi connectivity index (χ4v) is 2.70. The van der Waals surface area contributed by atoms with Crippen LogP contribution in [0.15, 0.2) is 48.8 Å².